The molecule has 0 saturated heterocycles. The SMILES string of the molecule is C=C(I)C(F)=NC. The molecule has 7 heavy (non-hydrogen) atoms. The van der Waals surface area contributed by atoms with E-state index >= 15 is 0 Å². The number of halogens is 2. The van der Waals surface area contributed by atoms with Crippen molar-refractivity contribution in [2.45, 2.75) is 0 Å². The van der Waals surface area contributed by atoms with E-state index in [4.69, 9.17) is 0 Å². The molecule has 0 aromatic rings. The van der Waals surface area contributed by atoms with Gasteiger partial charge in [0.05, 0.1) is 3.58 Å². The third kappa shape index (κ3) is 2.73. The Kier molecular flexibility index (Phi) is 3.15. The first-order chi connectivity index (χ1) is 3.18. The molecule has 1 nitrogen and oxygen atoms in total. The Balaban J connectivity index is 3.82. The van der Waals surface area contributed by atoms with E-state index in [1.165, 1.54) is 7.05 Å². The van der Waals surface area contributed by atoms with Gasteiger partial charge in [0.2, 0.25) is 5.97 Å². The number of allylic oxidation sites excluding steroid dienone is 1. The van der Waals surface area contributed by atoms with Crippen LogP contribution in [0.3, 0.4) is 0 Å². The first-order valence-electron chi connectivity index (χ1n) is 1.65. The summed E-state index contributed by atoms with van der Waals surface area (Å²) in [6.45, 7) is 3.31. The topological polar surface area (TPSA) is 12.4 Å². The molecule has 3 heteroatoms. The molecule has 0 N–H and O–H groups in total. The average molecular weight is 213 g/mol. The van der Waals surface area contributed by atoms with Crippen LogP contribution in [0.25, 0.3) is 0 Å². The van der Waals surface area contributed by atoms with E-state index in [9.17, 15) is 4.39 Å². The number of rotatable bonds is 1. The maximum atomic E-state index is 11.9. The van der Waals surface area contributed by atoms with E-state index in [0.717, 1.165) is 0 Å². The minimum atomic E-state index is -0.486. The summed E-state index contributed by atoms with van der Waals surface area (Å²) in [6.07, 6.45) is 0. The maximum Gasteiger partial charge on any atom is 0.220 e. The van der Waals surface area contributed by atoms with Crippen LogP contribution in [0.5, 0.6) is 0 Å². The van der Waals surface area contributed by atoms with Crippen molar-refractivity contribution in [2.24, 2.45) is 4.99 Å². The third-order valence-corrected chi connectivity index (χ3v) is 0.865. The second kappa shape index (κ2) is 3.12. The van der Waals surface area contributed by atoms with Crippen LogP contribution in [-0.4, -0.2) is 13.0 Å². The predicted octanol–water partition coefficient (Wildman–Crippen LogP) is 1.93. The van der Waals surface area contributed by atoms with Crippen LogP contribution >= 0.6 is 22.6 Å². The Morgan fingerprint density at radius 1 is 1.86 bits per heavy atom. The smallest absolute Gasteiger partial charge is 0.220 e. The molecule has 0 rings (SSSR count). The van der Waals surface area contributed by atoms with Gasteiger partial charge >= 0.3 is 0 Å². The van der Waals surface area contributed by atoms with Gasteiger partial charge in [0, 0.05) is 7.05 Å². The zero-order chi connectivity index (χ0) is 5.86. The lowest BCUT2D eigenvalue weighted by atomic mass is 10.7. The number of nitrogens with zero attached hydrogens (tertiary/aromatic N) is 1. The van der Waals surface area contributed by atoms with Gasteiger partial charge in [-0.1, -0.05) is 6.58 Å². The first kappa shape index (κ1) is 7.07. The molecule has 0 aliphatic rings. The zero-order valence-corrected chi connectivity index (χ0v) is 6.07. The molecule has 0 aromatic heterocycles. The second-order valence-electron chi connectivity index (χ2n) is 0.919. The van der Waals surface area contributed by atoms with Crippen molar-refractivity contribution >= 4 is 28.6 Å². The van der Waals surface area contributed by atoms with Crippen LogP contribution in [0.4, 0.5) is 4.39 Å². The van der Waals surface area contributed by atoms with E-state index in [-0.39, 0.29) is 0 Å². The lowest BCUT2D eigenvalue weighted by Crippen LogP contribution is -1.82. The molecule has 0 amide bonds. The van der Waals surface area contributed by atoms with Gasteiger partial charge in [-0.15, -0.1) is 0 Å². The van der Waals surface area contributed by atoms with Gasteiger partial charge in [-0.2, -0.15) is 4.39 Å². The summed E-state index contributed by atoms with van der Waals surface area (Å²) in [5, 5.41) is 0. The molecule has 0 aliphatic heterocycles. The highest BCUT2D eigenvalue weighted by Crippen LogP contribution is 2.04. The Morgan fingerprint density at radius 3 is 2.29 bits per heavy atom. The summed E-state index contributed by atoms with van der Waals surface area (Å²) >= 11 is 1.77. The fourth-order valence-electron chi connectivity index (χ4n) is 0.121. The molecular formula is C4H5FIN. The van der Waals surface area contributed by atoms with Crippen LogP contribution in [0, 0.1) is 0 Å². The zero-order valence-electron chi connectivity index (χ0n) is 3.91. The van der Waals surface area contributed by atoms with Gasteiger partial charge in [0.25, 0.3) is 0 Å². The summed E-state index contributed by atoms with van der Waals surface area (Å²) in [7, 11) is 1.39. The molecule has 0 unspecified atom stereocenters. The normalized spacial score (nSPS) is 11.6. The average Bonchev–Trinajstić information content (AvgIpc) is 1.65. The standard InChI is InChI=1S/C4H5FIN/c1-3(6)4(5)7-2/h1H2,2H3. The number of hydrogen-bond donors (Lipinski definition) is 0. The van der Waals surface area contributed by atoms with Crippen LogP contribution in [0.15, 0.2) is 15.2 Å². The monoisotopic (exact) mass is 213 g/mol. The van der Waals surface area contributed by atoms with Crippen molar-refractivity contribution < 1.29 is 4.39 Å². The van der Waals surface area contributed by atoms with Crippen LogP contribution in [-0.2, 0) is 0 Å². The predicted molar refractivity (Wildman–Crippen MR) is 37.6 cm³/mol. The van der Waals surface area contributed by atoms with Gasteiger partial charge in [0.1, 0.15) is 0 Å². The molecule has 0 saturated carbocycles. The molecule has 0 bridgehead atoms. The van der Waals surface area contributed by atoms with E-state index in [1.807, 2.05) is 0 Å². The largest absolute Gasteiger partial charge is 0.260 e. The fraction of sp³-hybridized carbons (Fsp3) is 0.250. The molecule has 0 atom stereocenters. The molecule has 0 aromatic carbocycles. The summed E-state index contributed by atoms with van der Waals surface area (Å²) < 4.78 is 12.2. The first-order valence-corrected chi connectivity index (χ1v) is 2.73. The molecule has 40 valence electrons. The van der Waals surface area contributed by atoms with Gasteiger partial charge < -0.3 is 0 Å². The Labute approximate surface area is 55.5 Å². The quantitative estimate of drug-likeness (QED) is 0.466. The van der Waals surface area contributed by atoms with Gasteiger partial charge in [0.15, 0.2) is 0 Å². The Bertz CT molecular complexity index is 108. The summed E-state index contributed by atoms with van der Waals surface area (Å²) in [5.74, 6) is -0.486. The van der Waals surface area contributed by atoms with Crippen molar-refractivity contribution in [3.05, 3.63) is 10.2 Å². The number of hydrogen-bond acceptors (Lipinski definition) is 1. The Morgan fingerprint density at radius 2 is 2.29 bits per heavy atom. The van der Waals surface area contributed by atoms with E-state index in [1.54, 1.807) is 22.6 Å². The minimum absolute atomic E-state index is 0.347. The van der Waals surface area contributed by atoms with Crippen LogP contribution in [0.1, 0.15) is 0 Å². The van der Waals surface area contributed by atoms with Gasteiger partial charge in [-0.3, -0.25) is 4.99 Å². The highest BCUT2D eigenvalue weighted by molar-refractivity contribution is 14.1. The second-order valence-corrected chi connectivity index (χ2v) is 2.22. The van der Waals surface area contributed by atoms with Crippen molar-refractivity contribution in [3.8, 4) is 0 Å². The van der Waals surface area contributed by atoms with Crippen molar-refractivity contribution in [2.75, 3.05) is 7.05 Å². The fourth-order valence-corrected chi connectivity index (χ4v) is 0.363. The Hall–Kier alpha value is 0.0700. The van der Waals surface area contributed by atoms with E-state index in [0.29, 0.717) is 3.58 Å². The molecule has 0 spiro atoms. The highest BCUT2D eigenvalue weighted by atomic mass is 127. The van der Waals surface area contributed by atoms with E-state index < -0.39 is 5.97 Å². The van der Waals surface area contributed by atoms with Crippen molar-refractivity contribution in [1.29, 1.82) is 0 Å². The lowest BCUT2D eigenvalue weighted by molar-refractivity contribution is 0.809. The minimum Gasteiger partial charge on any atom is -0.260 e. The van der Waals surface area contributed by atoms with Crippen molar-refractivity contribution in [1.82, 2.24) is 0 Å². The molecule has 0 aliphatic carbocycles. The van der Waals surface area contributed by atoms with E-state index in [2.05, 4.69) is 11.6 Å². The molecule has 0 radical (unpaired) electrons. The van der Waals surface area contributed by atoms with Crippen LogP contribution in [0.2, 0.25) is 0 Å². The number of aliphatic imine (C=N–C) groups is 1. The summed E-state index contributed by atoms with van der Waals surface area (Å²) in [5.41, 5.74) is 0. The van der Waals surface area contributed by atoms with Crippen molar-refractivity contribution in [3.63, 3.8) is 0 Å². The molecule has 0 heterocycles. The van der Waals surface area contributed by atoms with Crippen LogP contribution < -0.4 is 0 Å². The summed E-state index contributed by atoms with van der Waals surface area (Å²) in [4.78, 5) is 3.23. The lowest BCUT2D eigenvalue weighted by Gasteiger charge is -1.83. The molecule has 0 fully saturated rings. The summed E-state index contributed by atoms with van der Waals surface area (Å²) in [6, 6.07) is 0. The molecular weight excluding hydrogens is 208 g/mol. The van der Waals surface area contributed by atoms with Gasteiger partial charge in [-0.25, -0.2) is 0 Å². The third-order valence-electron chi connectivity index (χ3n) is 0.420. The maximum absolute atomic E-state index is 11.9. The van der Waals surface area contributed by atoms with Gasteiger partial charge in [-0.05, 0) is 22.6 Å². The highest BCUT2D eigenvalue weighted by Gasteiger charge is 1.92.